The van der Waals surface area contributed by atoms with Gasteiger partial charge in [0.15, 0.2) is 5.13 Å². The Balaban J connectivity index is 1.73. The minimum Gasteiger partial charge on any atom is -0.491 e. The average molecular weight is 536 g/mol. The molecule has 0 saturated carbocycles. The van der Waals surface area contributed by atoms with E-state index in [1.807, 2.05) is 19.9 Å². The van der Waals surface area contributed by atoms with Crippen LogP contribution in [-0.4, -0.2) is 43.1 Å². The summed E-state index contributed by atoms with van der Waals surface area (Å²) in [6.07, 6.45) is 2.67. The molecule has 3 aromatic rings. The van der Waals surface area contributed by atoms with Gasteiger partial charge < -0.3 is 10.1 Å². The number of rotatable bonds is 10. The van der Waals surface area contributed by atoms with E-state index in [1.54, 1.807) is 42.6 Å². The third-order valence-corrected chi connectivity index (χ3v) is 6.98. The van der Waals surface area contributed by atoms with E-state index in [1.165, 1.54) is 11.8 Å². The molecule has 3 rings (SSSR count). The van der Waals surface area contributed by atoms with Gasteiger partial charge in [-0.1, -0.05) is 55.1 Å². The third kappa shape index (κ3) is 8.62. The Morgan fingerprint density at radius 3 is 2.49 bits per heavy atom. The highest BCUT2D eigenvalue weighted by Crippen LogP contribution is 2.36. The highest BCUT2D eigenvalue weighted by Gasteiger charge is 2.20. The summed E-state index contributed by atoms with van der Waals surface area (Å²) in [7, 11) is -3.46. The monoisotopic (exact) mass is 535 g/mol. The lowest BCUT2D eigenvalue weighted by molar-refractivity contribution is -0.133. The molecule has 0 radical (unpaired) electrons. The fraction of sp³-hybridized carbons (Fsp3) is 0.273. The molecule has 10 nitrogen and oxygen atoms in total. The third-order valence-electron chi connectivity index (χ3n) is 4.13. The molecule has 13 heteroatoms. The van der Waals surface area contributed by atoms with Crippen molar-refractivity contribution in [3.05, 3.63) is 54.4 Å². The van der Waals surface area contributed by atoms with Gasteiger partial charge in [-0.25, -0.2) is 23.1 Å². The summed E-state index contributed by atoms with van der Waals surface area (Å²) >= 11 is 2.39. The molecule has 1 aromatic carbocycles. The Labute approximate surface area is 212 Å². The van der Waals surface area contributed by atoms with Gasteiger partial charge in [0.25, 0.3) is 0 Å². The molecule has 0 aliphatic rings. The highest BCUT2D eigenvalue weighted by molar-refractivity contribution is 8.01. The van der Waals surface area contributed by atoms with Crippen LogP contribution in [0.25, 0.3) is 0 Å². The second-order valence-corrected chi connectivity index (χ2v) is 11.8. The van der Waals surface area contributed by atoms with Crippen molar-refractivity contribution in [2.75, 3.05) is 23.5 Å². The summed E-state index contributed by atoms with van der Waals surface area (Å²) in [5.74, 6) is -1.07. The number of sulfonamides is 1. The number of nitrogens with zero attached hydrogens (tertiary/aromatic N) is 2. The molecule has 0 saturated heterocycles. The molecule has 186 valence electrons. The molecule has 3 N–H and O–H groups in total. The summed E-state index contributed by atoms with van der Waals surface area (Å²) in [4.78, 5) is 33.7. The fourth-order valence-corrected chi connectivity index (χ4v) is 5.02. The number of pyridine rings is 1. The van der Waals surface area contributed by atoms with Crippen LogP contribution in [-0.2, 0) is 26.2 Å². The maximum atomic E-state index is 12.6. The minimum absolute atomic E-state index is 0.0763. The molecule has 2 amide bonds. The number of thiazole rings is 1. The van der Waals surface area contributed by atoms with Crippen molar-refractivity contribution in [1.82, 2.24) is 14.7 Å². The molecular weight excluding hydrogens is 510 g/mol. The first-order valence-electron chi connectivity index (χ1n) is 10.5. The van der Waals surface area contributed by atoms with Crippen LogP contribution in [0.15, 0.2) is 57.9 Å². The van der Waals surface area contributed by atoms with E-state index >= 15 is 0 Å². The van der Waals surface area contributed by atoms with Crippen molar-refractivity contribution in [2.24, 2.45) is 5.92 Å². The maximum Gasteiger partial charge on any atom is 0.315 e. The van der Waals surface area contributed by atoms with Crippen LogP contribution >= 0.6 is 23.1 Å². The van der Waals surface area contributed by atoms with Crippen LogP contribution < -0.4 is 20.1 Å². The van der Waals surface area contributed by atoms with E-state index in [9.17, 15) is 18.0 Å². The van der Waals surface area contributed by atoms with Gasteiger partial charge in [0.2, 0.25) is 10.0 Å². The Bertz CT molecular complexity index is 1280. The molecule has 0 atom stereocenters. The summed E-state index contributed by atoms with van der Waals surface area (Å²) in [6, 6.07) is 12.2. The number of amides is 2. The number of para-hydroxylation sites is 2. The Morgan fingerprint density at radius 1 is 1.09 bits per heavy atom. The van der Waals surface area contributed by atoms with Crippen LogP contribution in [0.3, 0.4) is 0 Å². The van der Waals surface area contributed by atoms with E-state index in [2.05, 4.69) is 25.3 Å². The number of anilines is 2. The van der Waals surface area contributed by atoms with Gasteiger partial charge in [-0.15, -0.1) is 0 Å². The minimum atomic E-state index is -3.46. The Hall–Kier alpha value is -3.00. The van der Waals surface area contributed by atoms with Crippen LogP contribution in [0, 0.1) is 5.92 Å². The van der Waals surface area contributed by atoms with Gasteiger partial charge in [0, 0.05) is 6.20 Å². The molecule has 2 heterocycles. The Kier molecular flexibility index (Phi) is 9.20. The lowest BCUT2D eigenvalue weighted by Gasteiger charge is -2.13. The van der Waals surface area contributed by atoms with E-state index in [0.29, 0.717) is 33.0 Å². The molecule has 0 unspecified atom stereocenters. The van der Waals surface area contributed by atoms with Crippen molar-refractivity contribution in [1.29, 1.82) is 0 Å². The van der Waals surface area contributed by atoms with Crippen molar-refractivity contribution >= 4 is 55.8 Å². The van der Waals surface area contributed by atoms with Crippen LogP contribution in [0.5, 0.6) is 5.75 Å². The first-order valence-corrected chi connectivity index (χ1v) is 14.0. The van der Waals surface area contributed by atoms with E-state index < -0.39 is 21.8 Å². The number of ether oxygens (including phenoxy) is 1. The van der Waals surface area contributed by atoms with E-state index in [-0.39, 0.29) is 17.6 Å². The molecular formula is C22H25N5O5S3. The number of hydrogen-bond acceptors (Lipinski definition) is 9. The number of carbonyl (C=O) groups excluding carboxylic acids is 2. The second-order valence-electron chi connectivity index (χ2n) is 7.73. The van der Waals surface area contributed by atoms with Gasteiger partial charge in [-0.3, -0.25) is 14.9 Å². The van der Waals surface area contributed by atoms with Crippen molar-refractivity contribution in [2.45, 2.75) is 29.6 Å². The Morgan fingerprint density at radius 2 is 1.80 bits per heavy atom. The number of benzene rings is 1. The first-order chi connectivity index (χ1) is 16.6. The van der Waals surface area contributed by atoms with Gasteiger partial charge in [0.1, 0.15) is 10.8 Å². The highest BCUT2D eigenvalue weighted by atomic mass is 32.2. The van der Waals surface area contributed by atoms with Crippen molar-refractivity contribution in [3.8, 4) is 5.75 Å². The quantitative estimate of drug-likeness (QED) is 0.336. The summed E-state index contributed by atoms with van der Waals surface area (Å²) in [5.41, 5.74) is 0.774. The standard InChI is InChI=1S/C22H25N5O5S3/c1-14(2)13-32-17-9-5-4-8-15(17)25-19(28)20(29)27-22-26-16(12-24-35(3,30)31)21(34-22)33-18-10-6-7-11-23-18/h4-11,14,24H,12-13H2,1-3H3,(H,25,28)(H,26,27,29). The van der Waals surface area contributed by atoms with Crippen molar-refractivity contribution < 1.29 is 22.7 Å². The fourth-order valence-electron chi connectivity index (χ4n) is 2.57. The predicted molar refractivity (Wildman–Crippen MR) is 136 cm³/mol. The number of nitrogens with one attached hydrogen (secondary N) is 3. The number of aromatic nitrogens is 2. The normalized spacial score (nSPS) is 11.3. The lowest BCUT2D eigenvalue weighted by atomic mass is 10.2. The summed E-state index contributed by atoms with van der Waals surface area (Å²) in [5, 5.41) is 5.86. The average Bonchev–Trinajstić information content (AvgIpc) is 3.18. The zero-order valence-corrected chi connectivity index (χ0v) is 21.7. The largest absolute Gasteiger partial charge is 0.491 e. The molecule has 2 aromatic heterocycles. The van der Waals surface area contributed by atoms with Crippen LogP contribution in [0.1, 0.15) is 19.5 Å². The maximum absolute atomic E-state index is 12.6. The zero-order valence-electron chi connectivity index (χ0n) is 19.3. The predicted octanol–water partition coefficient (Wildman–Crippen LogP) is 3.35. The molecule has 35 heavy (non-hydrogen) atoms. The number of hydrogen-bond donors (Lipinski definition) is 3. The van der Waals surface area contributed by atoms with Gasteiger partial charge in [-0.05, 0) is 30.2 Å². The molecule has 0 fully saturated rings. The van der Waals surface area contributed by atoms with E-state index in [0.717, 1.165) is 17.6 Å². The summed E-state index contributed by atoms with van der Waals surface area (Å²) in [6.45, 7) is 4.39. The van der Waals surface area contributed by atoms with Gasteiger partial charge in [0.05, 0.1) is 35.0 Å². The van der Waals surface area contributed by atoms with Crippen LogP contribution in [0.4, 0.5) is 10.8 Å². The molecule has 0 spiro atoms. The van der Waals surface area contributed by atoms with Crippen LogP contribution in [0.2, 0.25) is 0 Å². The lowest BCUT2D eigenvalue weighted by Crippen LogP contribution is -2.29. The molecule has 0 aliphatic heterocycles. The topological polar surface area (TPSA) is 139 Å². The zero-order chi connectivity index (χ0) is 25.4. The number of carbonyl (C=O) groups is 2. The SMILES string of the molecule is CC(C)COc1ccccc1NC(=O)C(=O)Nc1nc(CNS(C)(=O)=O)c(Sc2ccccn2)s1. The van der Waals surface area contributed by atoms with E-state index in [4.69, 9.17) is 4.74 Å². The van der Waals surface area contributed by atoms with Crippen molar-refractivity contribution in [3.63, 3.8) is 0 Å². The second kappa shape index (κ2) is 12.1. The van der Waals surface area contributed by atoms with Gasteiger partial charge in [-0.2, -0.15) is 0 Å². The molecule has 0 aliphatic carbocycles. The van der Waals surface area contributed by atoms with Gasteiger partial charge >= 0.3 is 11.8 Å². The smallest absolute Gasteiger partial charge is 0.315 e. The first kappa shape index (κ1) is 26.6. The molecule has 0 bridgehead atoms. The summed E-state index contributed by atoms with van der Waals surface area (Å²) < 4.78 is 31.8.